The minimum absolute atomic E-state index is 0. The molecule has 0 aliphatic rings. The Morgan fingerprint density at radius 3 is 2.55 bits per heavy atom. The van der Waals surface area contributed by atoms with E-state index in [-0.39, 0.29) is 29.5 Å². The van der Waals surface area contributed by atoms with Gasteiger partial charge in [0, 0.05) is 37.6 Å². The van der Waals surface area contributed by atoms with Crippen molar-refractivity contribution in [1.29, 1.82) is 0 Å². The second kappa shape index (κ2) is 11.2. The summed E-state index contributed by atoms with van der Waals surface area (Å²) in [5.41, 5.74) is 1.53. The van der Waals surface area contributed by atoms with Crippen molar-refractivity contribution in [2.45, 2.75) is 46.1 Å². The first-order valence-corrected chi connectivity index (χ1v) is 8.66. The summed E-state index contributed by atoms with van der Waals surface area (Å²) in [5, 5.41) is 14.5. The molecule has 0 radical (unpaired) electrons. The van der Waals surface area contributed by atoms with E-state index in [9.17, 15) is 0 Å². The highest BCUT2D eigenvalue weighted by Gasteiger charge is 2.08. The molecule has 0 saturated carbocycles. The Balaban J connectivity index is 0.00000441. The Labute approximate surface area is 156 Å². The van der Waals surface area contributed by atoms with Crippen molar-refractivity contribution in [1.82, 2.24) is 16.0 Å². The Morgan fingerprint density at radius 2 is 2.00 bits per heavy atom. The molecule has 0 spiro atoms. The third-order valence-electron chi connectivity index (χ3n) is 3.05. The monoisotopic (exact) mass is 438 g/mol. The van der Waals surface area contributed by atoms with Gasteiger partial charge in [-0.3, -0.25) is 4.99 Å². The molecule has 1 atom stereocenters. The van der Waals surface area contributed by atoms with Crippen LogP contribution in [0.3, 0.4) is 0 Å². The van der Waals surface area contributed by atoms with Crippen LogP contribution in [0.4, 0.5) is 0 Å². The van der Waals surface area contributed by atoms with Crippen LogP contribution < -0.4 is 16.0 Å². The zero-order valence-electron chi connectivity index (χ0n) is 14.4. The number of nitrogens with zero attached hydrogens (tertiary/aromatic N) is 1. The van der Waals surface area contributed by atoms with Gasteiger partial charge in [0.15, 0.2) is 5.96 Å². The van der Waals surface area contributed by atoms with Crippen LogP contribution in [-0.4, -0.2) is 37.7 Å². The van der Waals surface area contributed by atoms with Gasteiger partial charge in [-0.25, -0.2) is 0 Å². The van der Waals surface area contributed by atoms with E-state index in [1.54, 1.807) is 11.3 Å². The number of rotatable bonds is 7. The smallest absolute Gasteiger partial charge is 0.191 e. The summed E-state index contributed by atoms with van der Waals surface area (Å²) in [4.78, 5) is 4.67. The van der Waals surface area contributed by atoms with Gasteiger partial charge in [0.05, 0.1) is 0 Å². The van der Waals surface area contributed by atoms with Gasteiger partial charge in [-0.2, -0.15) is 11.3 Å². The van der Waals surface area contributed by atoms with Crippen molar-refractivity contribution >= 4 is 41.3 Å². The van der Waals surface area contributed by atoms with Crippen molar-refractivity contribution in [2.24, 2.45) is 4.99 Å². The highest BCUT2D eigenvalue weighted by molar-refractivity contribution is 14.0. The van der Waals surface area contributed by atoms with Crippen LogP contribution >= 0.6 is 35.3 Å². The first kappa shape index (κ1) is 21.7. The minimum atomic E-state index is 0. The molecule has 0 bridgehead atoms. The normalized spacial score (nSPS) is 13.4. The number of nitrogens with one attached hydrogen (secondary N) is 3. The Hall–Kier alpha value is -0.340. The summed E-state index contributed by atoms with van der Waals surface area (Å²) in [6, 6.07) is 2.18. The average molecular weight is 438 g/mol. The fraction of sp³-hybridized carbons (Fsp3) is 0.688. The maximum Gasteiger partial charge on any atom is 0.191 e. The van der Waals surface area contributed by atoms with E-state index < -0.39 is 0 Å². The largest absolute Gasteiger partial charge is 0.357 e. The van der Waals surface area contributed by atoms with E-state index in [0.717, 1.165) is 32.1 Å². The van der Waals surface area contributed by atoms with E-state index in [4.69, 9.17) is 0 Å². The number of hydrogen-bond donors (Lipinski definition) is 3. The van der Waals surface area contributed by atoms with Crippen molar-refractivity contribution in [3.8, 4) is 0 Å². The number of guanidine groups is 1. The predicted molar refractivity (Wildman–Crippen MR) is 110 cm³/mol. The van der Waals surface area contributed by atoms with Crippen molar-refractivity contribution in [2.75, 3.05) is 26.2 Å². The van der Waals surface area contributed by atoms with Crippen LogP contribution in [0.15, 0.2) is 21.8 Å². The van der Waals surface area contributed by atoms with Crippen LogP contribution in [-0.2, 0) is 0 Å². The predicted octanol–water partition coefficient (Wildman–Crippen LogP) is 3.41. The molecule has 22 heavy (non-hydrogen) atoms. The standard InChI is InChI=1S/C16H30N4S.HI/c1-6-17-15(18-8-9-20-16(3,4)5)19-11-13(2)14-7-10-21-12-14;/h7,10,12-13,20H,6,8-9,11H2,1-5H3,(H2,17,18,19);1H. The van der Waals surface area contributed by atoms with Gasteiger partial charge in [-0.05, 0) is 50.1 Å². The van der Waals surface area contributed by atoms with E-state index in [1.165, 1.54) is 5.56 Å². The molecule has 1 aromatic rings. The molecular formula is C16H31IN4S. The van der Waals surface area contributed by atoms with Crippen LogP contribution in [0.25, 0.3) is 0 Å². The zero-order valence-corrected chi connectivity index (χ0v) is 17.5. The van der Waals surface area contributed by atoms with Crippen LogP contribution in [0.2, 0.25) is 0 Å². The topological polar surface area (TPSA) is 48.5 Å². The molecule has 0 saturated heterocycles. The first-order chi connectivity index (χ1) is 9.92. The van der Waals surface area contributed by atoms with Gasteiger partial charge in [0.2, 0.25) is 0 Å². The summed E-state index contributed by atoms with van der Waals surface area (Å²) in [6.45, 7) is 14.3. The lowest BCUT2D eigenvalue weighted by molar-refractivity contribution is 0.428. The maximum absolute atomic E-state index is 4.67. The lowest BCUT2D eigenvalue weighted by Crippen LogP contribution is -2.44. The SMILES string of the molecule is CCNC(=NCC(C)c1ccsc1)NCCNC(C)(C)C.I. The highest BCUT2D eigenvalue weighted by atomic mass is 127. The lowest BCUT2D eigenvalue weighted by atomic mass is 10.1. The number of aliphatic imine (C=N–C) groups is 1. The molecule has 0 aromatic carbocycles. The van der Waals surface area contributed by atoms with Crippen LogP contribution in [0, 0.1) is 0 Å². The van der Waals surface area contributed by atoms with E-state index in [2.05, 4.69) is 72.4 Å². The van der Waals surface area contributed by atoms with Gasteiger partial charge in [0.25, 0.3) is 0 Å². The number of thiophene rings is 1. The molecule has 1 heterocycles. The third-order valence-corrected chi connectivity index (χ3v) is 3.75. The fourth-order valence-electron chi connectivity index (χ4n) is 1.85. The first-order valence-electron chi connectivity index (χ1n) is 7.71. The van der Waals surface area contributed by atoms with Gasteiger partial charge < -0.3 is 16.0 Å². The number of hydrogen-bond acceptors (Lipinski definition) is 3. The zero-order chi connectivity index (χ0) is 15.7. The van der Waals surface area contributed by atoms with Gasteiger partial charge in [0.1, 0.15) is 0 Å². The minimum Gasteiger partial charge on any atom is -0.357 e. The Bertz CT molecular complexity index is 412. The molecule has 3 N–H and O–H groups in total. The summed E-state index contributed by atoms with van der Waals surface area (Å²) in [5.74, 6) is 1.36. The molecular weight excluding hydrogens is 407 g/mol. The van der Waals surface area contributed by atoms with Crippen LogP contribution in [0.1, 0.15) is 46.1 Å². The summed E-state index contributed by atoms with van der Waals surface area (Å²) in [7, 11) is 0. The van der Waals surface area contributed by atoms with Gasteiger partial charge >= 0.3 is 0 Å². The summed E-state index contributed by atoms with van der Waals surface area (Å²) in [6.07, 6.45) is 0. The second-order valence-corrected chi connectivity index (χ2v) is 7.06. The van der Waals surface area contributed by atoms with E-state index >= 15 is 0 Å². The summed E-state index contributed by atoms with van der Waals surface area (Å²) >= 11 is 1.74. The average Bonchev–Trinajstić information content (AvgIpc) is 2.93. The third kappa shape index (κ3) is 9.63. The molecule has 0 fully saturated rings. The maximum atomic E-state index is 4.67. The van der Waals surface area contributed by atoms with E-state index in [0.29, 0.717) is 5.92 Å². The fourth-order valence-corrected chi connectivity index (χ4v) is 2.63. The van der Waals surface area contributed by atoms with Crippen molar-refractivity contribution in [3.05, 3.63) is 22.4 Å². The lowest BCUT2D eigenvalue weighted by Gasteiger charge is -2.21. The summed E-state index contributed by atoms with van der Waals surface area (Å²) < 4.78 is 0. The molecule has 0 amide bonds. The Morgan fingerprint density at radius 1 is 1.27 bits per heavy atom. The number of halogens is 1. The van der Waals surface area contributed by atoms with Gasteiger partial charge in [-0.1, -0.05) is 6.92 Å². The molecule has 128 valence electrons. The van der Waals surface area contributed by atoms with Crippen LogP contribution in [0.5, 0.6) is 0 Å². The second-order valence-electron chi connectivity index (χ2n) is 6.28. The molecule has 1 rings (SSSR count). The molecule has 0 aliphatic carbocycles. The molecule has 1 unspecified atom stereocenters. The van der Waals surface area contributed by atoms with E-state index in [1.807, 2.05) is 0 Å². The highest BCUT2D eigenvalue weighted by Crippen LogP contribution is 2.18. The molecule has 4 nitrogen and oxygen atoms in total. The Kier molecular flexibility index (Phi) is 11.1. The molecule has 6 heteroatoms. The van der Waals surface area contributed by atoms with Crippen molar-refractivity contribution < 1.29 is 0 Å². The molecule has 1 aromatic heterocycles. The molecule has 0 aliphatic heterocycles. The van der Waals surface area contributed by atoms with Gasteiger partial charge in [-0.15, -0.1) is 24.0 Å². The quantitative estimate of drug-likeness (QED) is 0.265. The van der Waals surface area contributed by atoms with Crippen molar-refractivity contribution in [3.63, 3.8) is 0 Å².